The number of Topliss-reactive ketones (excluding diaryl/α,β-unsaturated/α-hetero) is 1. The van der Waals surface area contributed by atoms with Crippen LogP contribution in [0.1, 0.15) is 19.3 Å². The van der Waals surface area contributed by atoms with Crippen LogP contribution in [-0.4, -0.2) is 16.7 Å². The van der Waals surface area contributed by atoms with Gasteiger partial charge < -0.3 is 5.11 Å². The lowest BCUT2D eigenvalue weighted by Gasteiger charge is -2.08. The highest BCUT2D eigenvalue weighted by atomic mass is 16.3. The Bertz CT molecular complexity index is 334. The highest BCUT2D eigenvalue weighted by Crippen LogP contribution is 2.33. The molecule has 0 aromatic rings. The van der Waals surface area contributed by atoms with Crippen molar-refractivity contribution in [2.75, 3.05) is 0 Å². The second-order valence-corrected chi connectivity index (χ2v) is 3.03. The van der Waals surface area contributed by atoms with Crippen LogP contribution in [0.3, 0.4) is 0 Å². The zero-order valence-corrected chi connectivity index (χ0v) is 6.46. The number of aliphatic hydroxyl groups excluding tert-OH is 1. The van der Waals surface area contributed by atoms with Crippen LogP contribution >= 0.6 is 0 Å². The van der Waals surface area contributed by atoms with Gasteiger partial charge in [0.1, 0.15) is 5.76 Å². The lowest BCUT2D eigenvalue weighted by molar-refractivity contribution is -0.131. The Morgan fingerprint density at radius 2 is 1.83 bits per heavy atom. The van der Waals surface area contributed by atoms with Crippen LogP contribution in [0.2, 0.25) is 0 Å². The molecule has 0 saturated heterocycles. The molecule has 12 heavy (non-hydrogen) atoms. The summed E-state index contributed by atoms with van der Waals surface area (Å²) < 4.78 is 0. The van der Waals surface area contributed by atoms with Gasteiger partial charge in [0.25, 0.3) is 0 Å². The van der Waals surface area contributed by atoms with E-state index in [0.717, 1.165) is 18.9 Å². The Morgan fingerprint density at radius 3 is 2.58 bits per heavy atom. The van der Waals surface area contributed by atoms with Gasteiger partial charge in [-0.2, -0.15) is 0 Å². The average molecular weight is 164 g/mol. The predicted molar refractivity (Wildman–Crippen MR) is 41.6 cm³/mol. The third kappa shape index (κ3) is 0.826. The van der Waals surface area contributed by atoms with E-state index in [4.69, 9.17) is 0 Å². The topological polar surface area (TPSA) is 54.4 Å². The number of ketones is 2. The van der Waals surface area contributed by atoms with Crippen LogP contribution in [0, 0.1) is 0 Å². The Balaban J connectivity index is 2.51. The molecule has 1 N–H and O–H groups in total. The predicted octanol–water partition coefficient (Wildman–Crippen LogP) is 1.06. The third-order valence-electron chi connectivity index (χ3n) is 2.29. The van der Waals surface area contributed by atoms with Crippen LogP contribution < -0.4 is 0 Å². The summed E-state index contributed by atoms with van der Waals surface area (Å²) in [5.74, 6) is -1.03. The molecule has 3 heteroatoms. The average Bonchev–Trinajstić information content (AvgIpc) is 2.48. The van der Waals surface area contributed by atoms with Gasteiger partial charge in [-0.3, -0.25) is 9.59 Å². The fourth-order valence-corrected chi connectivity index (χ4v) is 1.70. The molecule has 62 valence electrons. The van der Waals surface area contributed by atoms with Gasteiger partial charge in [0.05, 0.1) is 0 Å². The molecule has 0 bridgehead atoms. The van der Waals surface area contributed by atoms with Crippen molar-refractivity contribution >= 4 is 11.6 Å². The van der Waals surface area contributed by atoms with E-state index in [9.17, 15) is 14.7 Å². The maximum absolute atomic E-state index is 11.2. The molecule has 0 aromatic carbocycles. The van der Waals surface area contributed by atoms with Gasteiger partial charge in [-0.15, -0.1) is 0 Å². The Labute approximate surface area is 69.4 Å². The lowest BCUT2D eigenvalue weighted by Crippen LogP contribution is -2.18. The smallest absolute Gasteiger partial charge is 0.229 e. The molecule has 0 saturated carbocycles. The van der Waals surface area contributed by atoms with Gasteiger partial charge in [-0.1, -0.05) is 0 Å². The number of hydrogen-bond donors (Lipinski definition) is 1. The van der Waals surface area contributed by atoms with E-state index in [2.05, 4.69) is 0 Å². The van der Waals surface area contributed by atoms with E-state index < -0.39 is 11.6 Å². The number of carbonyl (C=O) groups excluding carboxylic acids is 2. The van der Waals surface area contributed by atoms with Gasteiger partial charge in [0.2, 0.25) is 11.6 Å². The molecule has 0 aliphatic heterocycles. The number of aliphatic hydroxyl groups is 1. The van der Waals surface area contributed by atoms with Crippen molar-refractivity contribution in [1.29, 1.82) is 0 Å². The van der Waals surface area contributed by atoms with Gasteiger partial charge in [-0.05, 0) is 19.3 Å². The van der Waals surface area contributed by atoms with Crippen molar-refractivity contribution < 1.29 is 14.7 Å². The first-order valence-electron chi connectivity index (χ1n) is 3.92. The molecule has 2 rings (SSSR count). The Hall–Kier alpha value is -1.38. The van der Waals surface area contributed by atoms with E-state index in [-0.39, 0.29) is 5.76 Å². The summed E-state index contributed by atoms with van der Waals surface area (Å²) in [6.07, 6.45) is 3.24. The van der Waals surface area contributed by atoms with E-state index in [0.29, 0.717) is 17.6 Å². The highest BCUT2D eigenvalue weighted by Gasteiger charge is 2.30. The molecule has 0 fully saturated rings. The molecule has 0 atom stereocenters. The van der Waals surface area contributed by atoms with Crippen molar-refractivity contribution in [2.24, 2.45) is 0 Å². The largest absolute Gasteiger partial charge is 0.508 e. The minimum absolute atomic E-state index is 0.00731. The van der Waals surface area contributed by atoms with E-state index >= 15 is 0 Å². The zero-order chi connectivity index (χ0) is 8.72. The first kappa shape index (κ1) is 7.28. The van der Waals surface area contributed by atoms with E-state index in [1.807, 2.05) is 0 Å². The van der Waals surface area contributed by atoms with E-state index in [1.165, 1.54) is 0 Å². The maximum atomic E-state index is 11.2. The molecule has 3 nitrogen and oxygen atoms in total. The molecule has 0 aromatic heterocycles. The Kier molecular flexibility index (Phi) is 1.40. The van der Waals surface area contributed by atoms with Crippen LogP contribution in [-0.2, 0) is 9.59 Å². The zero-order valence-electron chi connectivity index (χ0n) is 6.46. The van der Waals surface area contributed by atoms with Crippen LogP contribution in [0.15, 0.2) is 23.0 Å². The summed E-state index contributed by atoms with van der Waals surface area (Å²) in [6.45, 7) is 0. The molecule has 0 unspecified atom stereocenters. The molecule has 0 heterocycles. The quantitative estimate of drug-likeness (QED) is 0.430. The van der Waals surface area contributed by atoms with E-state index in [1.54, 1.807) is 0 Å². The van der Waals surface area contributed by atoms with Crippen LogP contribution in [0.4, 0.5) is 0 Å². The van der Waals surface area contributed by atoms with Gasteiger partial charge >= 0.3 is 0 Å². The van der Waals surface area contributed by atoms with Crippen LogP contribution in [0.5, 0.6) is 0 Å². The van der Waals surface area contributed by atoms with Gasteiger partial charge in [0.15, 0.2) is 0 Å². The molecular formula is C9H8O3. The summed E-state index contributed by atoms with van der Waals surface area (Å²) in [5, 5.41) is 9.30. The molecule has 2 aliphatic carbocycles. The highest BCUT2D eigenvalue weighted by molar-refractivity contribution is 6.48. The van der Waals surface area contributed by atoms with Crippen molar-refractivity contribution in [1.82, 2.24) is 0 Å². The molecule has 0 spiro atoms. The van der Waals surface area contributed by atoms with Crippen molar-refractivity contribution in [3.63, 3.8) is 0 Å². The molecule has 2 aliphatic rings. The summed E-state index contributed by atoms with van der Waals surface area (Å²) in [4.78, 5) is 22.1. The first-order valence-corrected chi connectivity index (χ1v) is 3.92. The van der Waals surface area contributed by atoms with Crippen molar-refractivity contribution in [3.8, 4) is 0 Å². The number of allylic oxidation sites excluding steroid dienone is 3. The normalized spacial score (nSPS) is 22.8. The maximum Gasteiger partial charge on any atom is 0.229 e. The minimum Gasteiger partial charge on any atom is -0.508 e. The van der Waals surface area contributed by atoms with Gasteiger partial charge in [-0.25, -0.2) is 0 Å². The fourth-order valence-electron chi connectivity index (χ4n) is 1.70. The summed E-state index contributed by atoms with van der Waals surface area (Å²) in [5.41, 5.74) is 1.21. The monoisotopic (exact) mass is 164 g/mol. The first-order chi connectivity index (χ1) is 5.70. The van der Waals surface area contributed by atoms with Crippen LogP contribution in [0.25, 0.3) is 0 Å². The summed E-state index contributed by atoms with van der Waals surface area (Å²) in [7, 11) is 0. The van der Waals surface area contributed by atoms with Crippen molar-refractivity contribution in [3.05, 3.63) is 23.0 Å². The standard InChI is InChI=1S/C9H8O3/c10-7-4-8(11)9(12)6-3-1-2-5(6)7/h4,10H,1-3H2. The second-order valence-electron chi connectivity index (χ2n) is 3.03. The van der Waals surface area contributed by atoms with Crippen molar-refractivity contribution in [2.45, 2.75) is 19.3 Å². The molecular weight excluding hydrogens is 156 g/mol. The third-order valence-corrected chi connectivity index (χ3v) is 2.29. The fraction of sp³-hybridized carbons (Fsp3) is 0.333. The number of hydrogen-bond acceptors (Lipinski definition) is 3. The minimum atomic E-state index is -0.590. The second kappa shape index (κ2) is 2.30. The molecule has 0 radical (unpaired) electrons. The number of carbonyl (C=O) groups is 2. The summed E-state index contributed by atoms with van der Waals surface area (Å²) >= 11 is 0. The molecule has 0 amide bonds. The summed E-state index contributed by atoms with van der Waals surface area (Å²) in [6, 6.07) is 0. The lowest BCUT2D eigenvalue weighted by atomic mass is 9.96. The van der Waals surface area contributed by atoms with Gasteiger partial charge in [0, 0.05) is 17.2 Å². The Morgan fingerprint density at radius 1 is 1.17 bits per heavy atom. The number of rotatable bonds is 0. The SMILES string of the molecule is O=C1C=C(O)C2=C(CCC2)C1=O.